The molecule has 30 heavy (non-hydrogen) atoms. The monoisotopic (exact) mass is 426 g/mol. The number of methoxy groups -OCH3 is 1. The Kier molecular flexibility index (Phi) is 6.42. The maximum atomic E-state index is 13.5. The summed E-state index contributed by atoms with van der Waals surface area (Å²) in [6, 6.07) is 10.0. The second-order valence-electron chi connectivity index (χ2n) is 8.20. The molecule has 2 amide bonds. The van der Waals surface area contributed by atoms with E-state index < -0.39 is 0 Å². The molecule has 2 heterocycles. The van der Waals surface area contributed by atoms with Gasteiger partial charge in [0.15, 0.2) is 0 Å². The summed E-state index contributed by atoms with van der Waals surface area (Å²) in [4.78, 5) is 31.4. The Morgan fingerprint density at radius 3 is 2.60 bits per heavy atom. The molecule has 160 valence electrons. The lowest BCUT2D eigenvalue weighted by atomic mass is 9.84. The van der Waals surface area contributed by atoms with Gasteiger partial charge in [-0.1, -0.05) is 25.5 Å². The van der Waals surface area contributed by atoms with Gasteiger partial charge in [-0.3, -0.25) is 9.59 Å². The molecule has 2 aromatic rings. The number of fused-ring (bicyclic) bond motifs is 1. The fourth-order valence-electron chi connectivity index (χ4n) is 4.44. The standard InChI is InChI=1S/C24H30N2O3S/c1-3-13-25(24(28)18-5-4-6-18)16-22(27)26-14-11-21-20(12-15-30-21)23(26)17-7-9-19(29-2)10-8-17/h7-10,12,15,18,23H,3-6,11,13-14,16H2,1-2H3/t23-/m1/s1. The van der Waals surface area contributed by atoms with E-state index in [9.17, 15) is 9.59 Å². The maximum absolute atomic E-state index is 13.5. The highest BCUT2D eigenvalue weighted by molar-refractivity contribution is 7.10. The summed E-state index contributed by atoms with van der Waals surface area (Å²) in [5.41, 5.74) is 2.29. The zero-order chi connectivity index (χ0) is 21.1. The van der Waals surface area contributed by atoms with Crippen molar-refractivity contribution in [2.24, 2.45) is 5.92 Å². The van der Waals surface area contributed by atoms with Gasteiger partial charge in [-0.2, -0.15) is 0 Å². The first-order chi connectivity index (χ1) is 14.6. The van der Waals surface area contributed by atoms with Gasteiger partial charge >= 0.3 is 0 Å². The van der Waals surface area contributed by atoms with E-state index in [2.05, 4.69) is 18.4 Å². The van der Waals surface area contributed by atoms with Crippen molar-refractivity contribution in [3.05, 3.63) is 51.7 Å². The van der Waals surface area contributed by atoms with Crippen molar-refractivity contribution in [1.29, 1.82) is 0 Å². The molecule has 0 bridgehead atoms. The third-order valence-electron chi connectivity index (χ3n) is 6.30. The summed E-state index contributed by atoms with van der Waals surface area (Å²) in [5.74, 6) is 1.12. The lowest BCUT2D eigenvalue weighted by Gasteiger charge is -2.38. The number of hydrogen-bond acceptors (Lipinski definition) is 4. The Hall–Kier alpha value is -2.34. The van der Waals surface area contributed by atoms with Gasteiger partial charge in [0.05, 0.1) is 19.7 Å². The minimum atomic E-state index is -0.110. The number of carbonyl (C=O) groups is 2. The van der Waals surface area contributed by atoms with Crippen LogP contribution in [0.2, 0.25) is 0 Å². The van der Waals surface area contributed by atoms with E-state index in [1.807, 2.05) is 29.2 Å². The summed E-state index contributed by atoms with van der Waals surface area (Å²) in [5, 5.41) is 2.11. The van der Waals surface area contributed by atoms with Gasteiger partial charge in [0.25, 0.3) is 0 Å². The number of nitrogens with zero attached hydrogens (tertiary/aromatic N) is 2. The fraction of sp³-hybridized carbons (Fsp3) is 0.500. The van der Waals surface area contributed by atoms with Crippen LogP contribution in [-0.4, -0.2) is 48.4 Å². The molecule has 4 rings (SSSR count). The zero-order valence-electron chi connectivity index (χ0n) is 17.8. The van der Waals surface area contributed by atoms with Crippen LogP contribution in [0.5, 0.6) is 5.75 Å². The SMILES string of the molecule is CCCN(CC(=O)N1CCc2sccc2[C@H]1c1ccc(OC)cc1)C(=O)C1CCC1. The van der Waals surface area contributed by atoms with Gasteiger partial charge in [0, 0.05) is 23.9 Å². The molecule has 1 aliphatic carbocycles. The molecule has 1 aliphatic heterocycles. The largest absolute Gasteiger partial charge is 0.497 e. The molecule has 1 atom stereocenters. The van der Waals surface area contributed by atoms with Gasteiger partial charge in [0.2, 0.25) is 11.8 Å². The van der Waals surface area contributed by atoms with Crippen molar-refractivity contribution < 1.29 is 14.3 Å². The number of benzene rings is 1. The minimum absolute atomic E-state index is 0.0359. The van der Waals surface area contributed by atoms with Crippen LogP contribution in [0, 0.1) is 5.92 Å². The molecule has 0 spiro atoms. The number of hydrogen-bond donors (Lipinski definition) is 0. The molecular weight excluding hydrogens is 396 g/mol. The lowest BCUT2D eigenvalue weighted by Crippen LogP contribution is -2.48. The summed E-state index contributed by atoms with van der Waals surface area (Å²) in [6.45, 7) is 3.56. The maximum Gasteiger partial charge on any atom is 0.242 e. The molecule has 1 saturated carbocycles. The Bertz CT molecular complexity index is 888. The highest BCUT2D eigenvalue weighted by atomic mass is 32.1. The highest BCUT2D eigenvalue weighted by Crippen LogP contribution is 2.38. The van der Waals surface area contributed by atoms with Crippen LogP contribution >= 0.6 is 11.3 Å². The Morgan fingerprint density at radius 2 is 1.97 bits per heavy atom. The second-order valence-corrected chi connectivity index (χ2v) is 9.20. The van der Waals surface area contributed by atoms with Crippen LogP contribution in [0.4, 0.5) is 0 Å². The van der Waals surface area contributed by atoms with Crippen molar-refractivity contribution in [2.45, 2.75) is 45.1 Å². The fourth-order valence-corrected chi connectivity index (χ4v) is 5.34. The van der Waals surface area contributed by atoms with E-state index in [1.165, 1.54) is 10.4 Å². The number of thiophene rings is 1. The van der Waals surface area contributed by atoms with Crippen LogP contribution in [0.3, 0.4) is 0 Å². The van der Waals surface area contributed by atoms with E-state index in [0.29, 0.717) is 13.1 Å². The topological polar surface area (TPSA) is 49.9 Å². The Labute approximate surface area is 182 Å². The van der Waals surface area contributed by atoms with Crippen LogP contribution in [0.15, 0.2) is 35.7 Å². The predicted molar refractivity (Wildman–Crippen MR) is 119 cm³/mol. The van der Waals surface area contributed by atoms with Crippen LogP contribution in [0.1, 0.15) is 54.7 Å². The third-order valence-corrected chi connectivity index (χ3v) is 7.30. The van der Waals surface area contributed by atoms with Gasteiger partial charge in [-0.05, 0) is 60.4 Å². The van der Waals surface area contributed by atoms with Crippen LogP contribution < -0.4 is 4.74 Å². The zero-order valence-corrected chi connectivity index (χ0v) is 18.6. The first kappa shape index (κ1) is 20.9. The van der Waals surface area contributed by atoms with Crippen molar-refractivity contribution in [3.8, 4) is 5.75 Å². The second kappa shape index (κ2) is 9.21. The molecule has 6 heteroatoms. The third kappa shape index (κ3) is 4.10. The molecule has 1 aromatic heterocycles. The first-order valence-corrected chi connectivity index (χ1v) is 11.8. The van der Waals surface area contributed by atoms with E-state index in [-0.39, 0.29) is 30.3 Å². The number of rotatable bonds is 7. The first-order valence-electron chi connectivity index (χ1n) is 10.9. The average molecular weight is 427 g/mol. The summed E-state index contributed by atoms with van der Waals surface area (Å²) < 4.78 is 5.31. The average Bonchev–Trinajstić information content (AvgIpc) is 3.20. The van der Waals surface area contributed by atoms with E-state index in [0.717, 1.165) is 43.4 Å². The molecule has 0 radical (unpaired) electrons. The van der Waals surface area contributed by atoms with Crippen molar-refractivity contribution in [2.75, 3.05) is 26.7 Å². The highest BCUT2D eigenvalue weighted by Gasteiger charge is 2.35. The molecule has 1 fully saturated rings. The Balaban J connectivity index is 1.58. The van der Waals surface area contributed by atoms with E-state index in [4.69, 9.17) is 4.74 Å². The number of carbonyl (C=O) groups excluding carboxylic acids is 2. The smallest absolute Gasteiger partial charge is 0.242 e. The van der Waals surface area contributed by atoms with Crippen molar-refractivity contribution >= 4 is 23.2 Å². The van der Waals surface area contributed by atoms with Gasteiger partial charge in [-0.15, -0.1) is 11.3 Å². The lowest BCUT2D eigenvalue weighted by molar-refractivity contribution is -0.145. The quantitative estimate of drug-likeness (QED) is 0.664. The van der Waals surface area contributed by atoms with Gasteiger partial charge < -0.3 is 14.5 Å². The van der Waals surface area contributed by atoms with Gasteiger partial charge in [0.1, 0.15) is 5.75 Å². The van der Waals surface area contributed by atoms with Gasteiger partial charge in [-0.25, -0.2) is 0 Å². The molecule has 1 aromatic carbocycles. The minimum Gasteiger partial charge on any atom is -0.497 e. The molecule has 2 aliphatic rings. The van der Waals surface area contributed by atoms with E-state index >= 15 is 0 Å². The van der Waals surface area contributed by atoms with Crippen molar-refractivity contribution in [1.82, 2.24) is 9.80 Å². The number of amides is 2. The molecule has 0 N–H and O–H groups in total. The summed E-state index contributed by atoms with van der Waals surface area (Å²) >= 11 is 1.76. The molecule has 0 unspecified atom stereocenters. The summed E-state index contributed by atoms with van der Waals surface area (Å²) in [7, 11) is 1.66. The number of ether oxygens (including phenoxy) is 1. The molecule has 0 saturated heterocycles. The normalized spacial score (nSPS) is 18.5. The molecule has 5 nitrogen and oxygen atoms in total. The Morgan fingerprint density at radius 1 is 1.20 bits per heavy atom. The van der Waals surface area contributed by atoms with Crippen LogP contribution in [0.25, 0.3) is 0 Å². The molecular formula is C24H30N2O3S. The van der Waals surface area contributed by atoms with Crippen molar-refractivity contribution in [3.63, 3.8) is 0 Å². The summed E-state index contributed by atoms with van der Waals surface area (Å²) in [6.07, 6.45) is 4.78. The predicted octanol–water partition coefficient (Wildman–Crippen LogP) is 4.27. The van der Waals surface area contributed by atoms with E-state index in [1.54, 1.807) is 23.3 Å². The van der Waals surface area contributed by atoms with Crippen LogP contribution in [-0.2, 0) is 16.0 Å².